The molecule has 1 aromatic heterocycles. The number of benzene rings is 1. The molecule has 15 heavy (non-hydrogen) atoms. The number of aromatic amines is 1. The van der Waals surface area contributed by atoms with E-state index in [4.69, 9.17) is 11.6 Å². The first-order chi connectivity index (χ1) is 7.15. The number of hydrogen-bond acceptors (Lipinski definition) is 1. The number of H-pyrrole nitrogens is 1. The van der Waals surface area contributed by atoms with Gasteiger partial charge in [-0.15, -0.1) is 0 Å². The molecule has 0 spiro atoms. The molecule has 0 radical (unpaired) electrons. The summed E-state index contributed by atoms with van der Waals surface area (Å²) in [5.41, 5.74) is 2.25. The lowest BCUT2D eigenvalue weighted by molar-refractivity contribution is 1.07. The fraction of sp³-hybridized carbons (Fsp3) is 0.182. The Hall–Kier alpha value is -0.800. The van der Waals surface area contributed by atoms with E-state index in [0.717, 1.165) is 27.6 Å². The monoisotopic (exact) mass is 284 g/mol. The summed E-state index contributed by atoms with van der Waals surface area (Å²) in [5.74, 6) is 0.916. The number of nitrogens with zero attached hydrogens (tertiary/aromatic N) is 1. The summed E-state index contributed by atoms with van der Waals surface area (Å²) in [6, 6.07) is 7.84. The predicted octanol–water partition coefficient (Wildman–Crippen LogP) is 3.72. The average Bonchev–Trinajstić information content (AvgIpc) is 2.45. The SMILES string of the molecule is Cc1nc(Br)c(Cc2cccc(Cl)c2)[nH]1. The van der Waals surface area contributed by atoms with Crippen LogP contribution in [0.5, 0.6) is 0 Å². The zero-order valence-corrected chi connectivity index (χ0v) is 10.6. The van der Waals surface area contributed by atoms with E-state index in [1.165, 1.54) is 5.56 Å². The van der Waals surface area contributed by atoms with Crippen LogP contribution in [0.1, 0.15) is 17.1 Å². The van der Waals surface area contributed by atoms with Gasteiger partial charge in [0.15, 0.2) is 0 Å². The van der Waals surface area contributed by atoms with Crippen molar-refractivity contribution in [1.29, 1.82) is 0 Å². The number of rotatable bonds is 2. The van der Waals surface area contributed by atoms with Crippen molar-refractivity contribution in [2.75, 3.05) is 0 Å². The fourth-order valence-electron chi connectivity index (χ4n) is 1.48. The van der Waals surface area contributed by atoms with Gasteiger partial charge in [-0.1, -0.05) is 23.7 Å². The van der Waals surface area contributed by atoms with E-state index in [1.807, 2.05) is 25.1 Å². The highest BCUT2D eigenvalue weighted by Crippen LogP contribution is 2.19. The van der Waals surface area contributed by atoms with E-state index in [2.05, 4.69) is 32.0 Å². The molecule has 0 atom stereocenters. The van der Waals surface area contributed by atoms with Gasteiger partial charge in [0.1, 0.15) is 10.4 Å². The van der Waals surface area contributed by atoms with Crippen LogP contribution in [-0.2, 0) is 6.42 Å². The van der Waals surface area contributed by atoms with Gasteiger partial charge in [0.2, 0.25) is 0 Å². The molecule has 0 saturated carbocycles. The number of aryl methyl sites for hydroxylation is 1. The standard InChI is InChI=1S/C11H10BrClN2/c1-7-14-10(11(12)15-7)6-8-3-2-4-9(13)5-8/h2-5H,6H2,1H3,(H,14,15). The lowest BCUT2D eigenvalue weighted by Gasteiger charge is -2.00. The highest BCUT2D eigenvalue weighted by atomic mass is 79.9. The number of nitrogens with one attached hydrogen (secondary N) is 1. The Bertz CT molecular complexity index is 479. The highest BCUT2D eigenvalue weighted by molar-refractivity contribution is 9.10. The van der Waals surface area contributed by atoms with Crippen LogP contribution >= 0.6 is 27.5 Å². The van der Waals surface area contributed by atoms with Crippen LogP contribution in [-0.4, -0.2) is 9.97 Å². The normalized spacial score (nSPS) is 10.6. The Morgan fingerprint density at radius 1 is 1.47 bits per heavy atom. The number of hydrogen-bond donors (Lipinski definition) is 1. The second-order valence-corrected chi connectivity index (χ2v) is 4.59. The molecular formula is C11H10BrClN2. The number of aromatic nitrogens is 2. The van der Waals surface area contributed by atoms with Crippen LogP contribution in [0.2, 0.25) is 5.02 Å². The maximum Gasteiger partial charge on any atom is 0.127 e. The Labute approximate surface area is 102 Å². The molecule has 2 rings (SSSR count). The van der Waals surface area contributed by atoms with Gasteiger partial charge in [0.25, 0.3) is 0 Å². The highest BCUT2D eigenvalue weighted by Gasteiger charge is 2.05. The van der Waals surface area contributed by atoms with Gasteiger partial charge in [-0.3, -0.25) is 0 Å². The molecule has 0 aliphatic carbocycles. The molecule has 0 aliphatic rings. The molecule has 4 heteroatoms. The molecule has 1 aromatic carbocycles. The van der Waals surface area contributed by atoms with Gasteiger partial charge in [0, 0.05) is 11.4 Å². The van der Waals surface area contributed by atoms with Crippen molar-refractivity contribution in [3.05, 3.63) is 51.0 Å². The third-order valence-electron chi connectivity index (χ3n) is 2.12. The summed E-state index contributed by atoms with van der Waals surface area (Å²) in [6.07, 6.45) is 0.808. The van der Waals surface area contributed by atoms with Crippen molar-refractivity contribution < 1.29 is 0 Å². The van der Waals surface area contributed by atoms with Crippen LogP contribution in [0, 0.1) is 6.92 Å². The minimum absolute atomic E-state index is 0.764. The van der Waals surface area contributed by atoms with Gasteiger partial charge >= 0.3 is 0 Å². The third-order valence-corrected chi connectivity index (χ3v) is 3.01. The Kier molecular flexibility index (Phi) is 3.12. The second-order valence-electron chi connectivity index (χ2n) is 3.40. The first kappa shape index (κ1) is 10.7. The Morgan fingerprint density at radius 2 is 2.27 bits per heavy atom. The molecule has 0 aliphatic heterocycles. The molecule has 0 amide bonds. The van der Waals surface area contributed by atoms with Crippen LogP contribution in [0.4, 0.5) is 0 Å². The van der Waals surface area contributed by atoms with Gasteiger partial charge in [-0.05, 0) is 40.5 Å². The molecular weight excluding hydrogens is 275 g/mol. The van der Waals surface area contributed by atoms with E-state index >= 15 is 0 Å². The maximum absolute atomic E-state index is 5.92. The van der Waals surface area contributed by atoms with Crippen molar-refractivity contribution in [3.8, 4) is 0 Å². The van der Waals surface area contributed by atoms with Crippen molar-refractivity contribution in [1.82, 2.24) is 9.97 Å². The first-order valence-corrected chi connectivity index (χ1v) is 5.77. The topological polar surface area (TPSA) is 28.7 Å². The molecule has 2 aromatic rings. The molecule has 78 valence electrons. The average molecular weight is 286 g/mol. The van der Waals surface area contributed by atoms with Gasteiger partial charge in [-0.2, -0.15) is 0 Å². The van der Waals surface area contributed by atoms with Crippen LogP contribution in [0.3, 0.4) is 0 Å². The zero-order chi connectivity index (χ0) is 10.8. The minimum atomic E-state index is 0.764. The lowest BCUT2D eigenvalue weighted by atomic mass is 10.1. The summed E-state index contributed by atoms with van der Waals surface area (Å²) in [4.78, 5) is 7.47. The molecule has 1 heterocycles. The largest absolute Gasteiger partial charge is 0.345 e. The minimum Gasteiger partial charge on any atom is -0.345 e. The van der Waals surface area contributed by atoms with Crippen molar-refractivity contribution in [3.63, 3.8) is 0 Å². The molecule has 0 fully saturated rings. The van der Waals surface area contributed by atoms with Gasteiger partial charge in [-0.25, -0.2) is 4.98 Å². The summed E-state index contributed by atoms with van der Waals surface area (Å²) >= 11 is 9.34. The third kappa shape index (κ3) is 2.61. The number of halogens is 2. The smallest absolute Gasteiger partial charge is 0.127 e. The van der Waals surface area contributed by atoms with E-state index in [9.17, 15) is 0 Å². The summed E-state index contributed by atoms with van der Waals surface area (Å²) in [5, 5.41) is 0.764. The maximum atomic E-state index is 5.92. The summed E-state index contributed by atoms with van der Waals surface area (Å²) in [7, 11) is 0. The quantitative estimate of drug-likeness (QED) is 0.895. The molecule has 0 unspecified atom stereocenters. The van der Waals surface area contributed by atoms with E-state index in [1.54, 1.807) is 0 Å². The molecule has 1 N–H and O–H groups in total. The number of imidazole rings is 1. The zero-order valence-electron chi connectivity index (χ0n) is 8.22. The first-order valence-electron chi connectivity index (χ1n) is 4.60. The van der Waals surface area contributed by atoms with Crippen molar-refractivity contribution in [2.24, 2.45) is 0 Å². The summed E-state index contributed by atoms with van der Waals surface area (Å²) in [6.45, 7) is 1.94. The van der Waals surface area contributed by atoms with Crippen molar-refractivity contribution in [2.45, 2.75) is 13.3 Å². The Balaban J connectivity index is 2.25. The lowest BCUT2D eigenvalue weighted by Crippen LogP contribution is -1.89. The van der Waals surface area contributed by atoms with Crippen LogP contribution < -0.4 is 0 Å². The molecule has 2 nitrogen and oxygen atoms in total. The second kappa shape index (κ2) is 4.37. The van der Waals surface area contributed by atoms with Gasteiger partial charge in [0.05, 0.1) is 5.69 Å². The predicted molar refractivity (Wildman–Crippen MR) is 65.3 cm³/mol. The van der Waals surface area contributed by atoms with E-state index in [-0.39, 0.29) is 0 Å². The van der Waals surface area contributed by atoms with Crippen LogP contribution in [0.25, 0.3) is 0 Å². The fourth-order valence-corrected chi connectivity index (χ4v) is 2.20. The van der Waals surface area contributed by atoms with Crippen molar-refractivity contribution >= 4 is 27.5 Å². The Morgan fingerprint density at radius 3 is 2.87 bits per heavy atom. The van der Waals surface area contributed by atoms with Crippen LogP contribution in [0.15, 0.2) is 28.9 Å². The summed E-state index contributed by atoms with van der Waals surface area (Å²) < 4.78 is 0.875. The van der Waals surface area contributed by atoms with E-state index < -0.39 is 0 Å². The van der Waals surface area contributed by atoms with E-state index in [0.29, 0.717) is 0 Å². The molecule has 0 saturated heterocycles. The van der Waals surface area contributed by atoms with Gasteiger partial charge < -0.3 is 4.98 Å². The molecule has 0 bridgehead atoms.